The summed E-state index contributed by atoms with van der Waals surface area (Å²) in [7, 11) is 4.21. The SMILES string of the molecule is CCC(CC)CC(N)C1NCN(C2OC(CN(C)C3CC(CCC4Nc5ccc(C6(C)CCC6)cc5N4)C3)C(O)C2O)C1=[N+](C)CC. The van der Waals surface area contributed by atoms with Gasteiger partial charge in [0.1, 0.15) is 31.0 Å². The van der Waals surface area contributed by atoms with Crippen LogP contribution in [-0.2, 0) is 10.2 Å². The maximum Gasteiger partial charge on any atom is 0.269 e. The van der Waals surface area contributed by atoms with Gasteiger partial charge in [0.2, 0.25) is 6.23 Å². The monoisotopic (exact) mass is 655 g/mol. The van der Waals surface area contributed by atoms with Crippen LogP contribution in [0.4, 0.5) is 11.4 Å². The lowest BCUT2D eigenvalue weighted by atomic mass is 9.66. The van der Waals surface area contributed by atoms with Crippen LogP contribution in [0.5, 0.6) is 0 Å². The van der Waals surface area contributed by atoms with Crippen molar-refractivity contribution >= 4 is 17.2 Å². The van der Waals surface area contributed by atoms with Crippen molar-refractivity contribution in [1.29, 1.82) is 0 Å². The van der Waals surface area contributed by atoms with Gasteiger partial charge in [-0.1, -0.05) is 46.1 Å². The van der Waals surface area contributed by atoms with Crippen LogP contribution in [0.3, 0.4) is 0 Å². The minimum Gasteiger partial charge on any atom is -0.387 e. The molecule has 2 saturated carbocycles. The number of rotatable bonds is 14. The van der Waals surface area contributed by atoms with E-state index in [1.54, 1.807) is 0 Å². The lowest BCUT2D eigenvalue weighted by Crippen LogP contribution is -2.53. The molecule has 3 heterocycles. The Bertz CT molecular complexity index is 1250. The van der Waals surface area contributed by atoms with Crippen molar-refractivity contribution in [2.75, 3.05) is 44.5 Å². The summed E-state index contributed by atoms with van der Waals surface area (Å²) < 4.78 is 8.69. The summed E-state index contributed by atoms with van der Waals surface area (Å²) in [6.07, 6.45) is 9.11. The fraction of sp³-hybridized carbons (Fsp3) is 0.811. The molecule has 7 atom stereocenters. The van der Waals surface area contributed by atoms with Crippen LogP contribution < -0.4 is 21.7 Å². The Balaban J connectivity index is 0.970. The van der Waals surface area contributed by atoms with Crippen LogP contribution in [-0.4, -0.2) is 113 Å². The minimum absolute atomic E-state index is 0.0146. The number of likely N-dealkylation sites (N-methyl/N-ethyl adjacent to an activating group) is 1. The van der Waals surface area contributed by atoms with E-state index in [-0.39, 0.29) is 12.1 Å². The van der Waals surface area contributed by atoms with Crippen molar-refractivity contribution in [3.05, 3.63) is 23.8 Å². The molecule has 4 fully saturated rings. The highest BCUT2D eigenvalue weighted by atomic mass is 16.6. The maximum absolute atomic E-state index is 11.2. The van der Waals surface area contributed by atoms with Gasteiger partial charge in [0, 0.05) is 18.6 Å². The molecular formula is C37H64N7O3+. The molecule has 3 aliphatic heterocycles. The molecule has 0 amide bonds. The van der Waals surface area contributed by atoms with Gasteiger partial charge in [-0.25, -0.2) is 4.90 Å². The zero-order valence-electron chi connectivity index (χ0n) is 29.9. The van der Waals surface area contributed by atoms with E-state index in [1.807, 2.05) is 0 Å². The van der Waals surface area contributed by atoms with E-state index >= 15 is 0 Å². The first-order valence-electron chi connectivity index (χ1n) is 18.8. The first kappa shape index (κ1) is 34.9. The smallest absolute Gasteiger partial charge is 0.269 e. The molecule has 47 heavy (non-hydrogen) atoms. The number of nitrogens with two attached hydrogens (primary N) is 1. The summed E-state index contributed by atoms with van der Waals surface area (Å²) in [5, 5.41) is 33.4. The van der Waals surface area contributed by atoms with Crippen molar-refractivity contribution in [3.63, 3.8) is 0 Å². The third-order valence-corrected chi connectivity index (χ3v) is 12.8. The van der Waals surface area contributed by atoms with Crippen LogP contribution in [0.15, 0.2) is 18.2 Å². The summed E-state index contributed by atoms with van der Waals surface area (Å²) in [5.74, 6) is 2.36. The Morgan fingerprint density at radius 3 is 2.47 bits per heavy atom. The van der Waals surface area contributed by atoms with Gasteiger partial charge in [-0.3, -0.25) is 9.89 Å². The van der Waals surface area contributed by atoms with Gasteiger partial charge >= 0.3 is 0 Å². The molecule has 264 valence electrons. The minimum atomic E-state index is -0.984. The number of anilines is 2. The summed E-state index contributed by atoms with van der Waals surface area (Å²) >= 11 is 0. The second-order valence-corrected chi connectivity index (χ2v) is 15.8. The lowest BCUT2D eigenvalue weighted by Gasteiger charge is -2.42. The van der Waals surface area contributed by atoms with Gasteiger partial charge in [-0.15, -0.1) is 0 Å². The molecule has 10 nitrogen and oxygen atoms in total. The summed E-state index contributed by atoms with van der Waals surface area (Å²) in [5.41, 5.74) is 11.1. The quantitative estimate of drug-likeness (QED) is 0.167. The third-order valence-electron chi connectivity index (χ3n) is 12.8. The van der Waals surface area contributed by atoms with Crippen molar-refractivity contribution in [1.82, 2.24) is 15.1 Å². The second-order valence-electron chi connectivity index (χ2n) is 15.8. The predicted octanol–water partition coefficient (Wildman–Crippen LogP) is 3.67. The first-order chi connectivity index (χ1) is 22.5. The molecule has 0 radical (unpaired) electrons. The molecule has 1 aromatic carbocycles. The van der Waals surface area contributed by atoms with Crippen molar-refractivity contribution in [2.45, 2.75) is 146 Å². The number of fused-ring (bicyclic) bond motifs is 1. The highest BCUT2D eigenvalue weighted by Crippen LogP contribution is 2.46. The largest absolute Gasteiger partial charge is 0.387 e. The normalized spacial score (nSPS) is 34.6. The molecule has 6 rings (SSSR count). The molecular weight excluding hydrogens is 590 g/mol. The summed E-state index contributed by atoms with van der Waals surface area (Å²) in [6, 6.07) is 7.39. The zero-order valence-corrected chi connectivity index (χ0v) is 29.9. The molecule has 5 aliphatic rings. The van der Waals surface area contributed by atoms with Crippen LogP contribution in [0, 0.1) is 11.8 Å². The highest BCUT2D eigenvalue weighted by molar-refractivity contribution is 5.86. The molecule has 0 aromatic heterocycles. The molecule has 0 bridgehead atoms. The number of hydrogen-bond donors (Lipinski definition) is 6. The van der Waals surface area contributed by atoms with Gasteiger partial charge in [-0.05, 0) is 93.9 Å². The van der Waals surface area contributed by atoms with Crippen LogP contribution in [0.1, 0.15) is 97.5 Å². The van der Waals surface area contributed by atoms with E-state index < -0.39 is 24.5 Å². The Morgan fingerprint density at radius 1 is 1.09 bits per heavy atom. The Kier molecular flexibility index (Phi) is 10.8. The molecule has 2 aliphatic carbocycles. The number of ether oxygens (including phenoxy) is 1. The van der Waals surface area contributed by atoms with E-state index in [2.05, 4.69) is 90.3 Å². The van der Waals surface area contributed by atoms with Crippen LogP contribution in [0.2, 0.25) is 0 Å². The first-order valence-corrected chi connectivity index (χ1v) is 18.8. The predicted molar refractivity (Wildman–Crippen MR) is 190 cm³/mol. The zero-order chi connectivity index (χ0) is 33.5. The highest BCUT2D eigenvalue weighted by Gasteiger charge is 2.54. The Hall–Kier alpha value is -1.95. The molecule has 7 N–H and O–H groups in total. The Labute approximate surface area is 283 Å². The molecule has 2 saturated heterocycles. The Morgan fingerprint density at radius 2 is 1.81 bits per heavy atom. The number of aliphatic hydroxyl groups is 2. The van der Waals surface area contributed by atoms with E-state index in [4.69, 9.17) is 10.5 Å². The van der Waals surface area contributed by atoms with Crippen LogP contribution in [0.25, 0.3) is 0 Å². The number of aliphatic hydroxyl groups excluding tert-OH is 2. The van der Waals surface area contributed by atoms with E-state index in [0.717, 1.165) is 38.1 Å². The number of amidine groups is 1. The summed E-state index contributed by atoms with van der Waals surface area (Å²) in [6.45, 7) is 11.0. The van der Waals surface area contributed by atoms with Gasteiger partial charge in [0.25, 0.3) is 5.84 Å². The lowest BCUT2D eigenvalue weighted by molar-refractivity contribution is -0.500. The van der Waals surface area contributed by atoms with E-state index in [1.165, 1.54) is 55.5 Å². The fourth-order valence-corrected chi connectivity index (χ4v) is 8.86. The van der Waals surface area contributed by atoms with E-state index in [9.17, 15) is 10.2 Å². The van der Waals surface area contributed by atoms with Crippen LogP contribution >= 0.6 is 0 Å². The average molecular weight is 655 g/mol. The van der Waals surface area contributed by atoms with E-state index in [0.29, 0.717) is 42.7 Å². The maximum atomic E-state index is 11.2. The average Bonchev–Trinajstić information content (AvgIpc) is 3.73. The van der Waals surface area contributed by atoms with Crippen molar-refractivity contribution < 1.29 is 19.5 Å². The number of benzene rings is 1. The number of hydrogen-bond acceptors (Lipinski definition) is 8. The van der Waals surface area contributed by atoms with Crippen molar-refractivity contribution in [2.24, 2.45) is 17.6 Å². The molecule has 7 unspecified atom stereocenters. The fourth-order valence-electron chi connectivity index (χ4n) is 8.86. The van der Waals surface area contributed by atoms with Gasteiger partial charge in [0.15, 0.2) is 0 Å². The van der Waals surface area contributed by atoms with Crippen molar-refractivity contribution in [3.8, 4) is 0 Å². The molecule has 10 heteroatoms. The standard InChI is InChI=1S/C37H64N7O3/c1-7-23(8-2)19-27(38)32-35(42(5)9-3)44(22-39-32)36-34(46)33(45)30(47-36)21-43(6)26-17-24(18-26)11-14-31-40-28-13-12-25(20-29(28)41-31)37(4)15-10-16-37/h12-13,20,23-24,26-27,30-34,36,39-41,45-46H,7-11,14-19,21-22,38H2,1-6H3/q+1. The third kappa shape index (κ3) is 7.06. The number of nitrogens with one attached hydrogen (secondary N) is 3. The van der Waals surface area contributed by atoms with Gasteiger partial charge in [0.05, 0.1) is 31.1 Å². The van der Waals surface area contributed by atoms with Gasteiger partial charge < -0.3 is 36.2 Å². The van der Waals surface area contributed by atoms with Gasteiger partial charge in [-0.2, -0.15) is 0 Å². The number of nitrogens with zero attached hydrogens (tertiary/aromatic N) is 3. The second kappa shape index (κ2) is 14.5. The molecule has 0 spiro atoms. The topological polar surface area (TPSA) is 121 Å². The summed E-state index contributed by atoms with van der Waals surface area (Å²) in [4.78, 5) is 4.44. The molecule has 1 aromatic rings.